The molecule has 1 heteroatoms. The Labute approximate surface area is 62.8 Å². The van der Waals surface area contributed by atoms with Gasteiger partial charge in [-0.05, 0) is 30.8 Å². The van der Waals surface area contributed by atoms with E-state index in [1.165, 1.54) is 0 Å². The Balaban J connectivity index is 2.87. The summed E-state index contributed by atoms with van der Waals surface area (Å²) in [4.78, 5) is 0. The molecule has 1 aliphatic rings. The van der Waals surface area contributed by atoms with Crippen molar-refractivity contribution in [2.24, 2.45) is 11.3 Å². The van der Waals surface area contributed by atoms with Crippen LogP contribution in [-0.2, 0) is 0 Å². The number of hydrogen-bond donors (Lipinski definition) is 1. The zero-order valence-corrected chi connectivity index (χ0v) is 6.89. The van der Waals surface area contributed by atoms with E-state index in [9.17, 15) is 5.11 Å². The molecule has 1 rings (SSSR count). The lowest BCUT2D eigenvalue weighted by Crippen LogP contribution is -2.24. The van der Waals surface area contributed by atoms with Crippen molar-refractivity contribution in [1.29, 1.82) is 0 Å². The normalized spacial score (nSPS) is 37.9. The molecule has 0 fully saturated rings. The molecule has 2 atom stereocenters. The van der Waals surface area contributed by atoms with Gasteiger partial charge in [-0.25, -0.2) is 0 Å². The highest BCUT2D eigenvalue weighted by Gasteiger charge is 2.36. The third-order valence-corrected chi connectivity index (χ3v) is 2.40. The molecular formula is C9H15O. The number of allylic oxidation sites excluding steroid dienone is 1. The van der Waals surface area contributed by atoms with Gasteiger partial charge in [0.15, 0.2) is 0 Å². The van der Waals surface area contributed by atoms with Gasteiger partial charge in [-0.15, -0.1) is 0 Å². The first kappa shape index (κ1) is 7.80. The van der Waals surface area contributed by atoms with Gasteiger partial charge in [-0.2, -0.15) is 0 Å². The molecule has 0 aromatic carbocycles. The fourth-order valence-corrected chi connectivity index (χ4v) is 1.50. The van der Waals surface area contributed by atoms with E-state index in [2.05, 4.69) is 26.8 Å². The summed E-state index contributed by atoms with van der Waals surface area (Å²) in [6, 6.07) is 0. The highest BCUT2D eigenvalue weighted by Crippen LogP contribution is 2.39. The first-order valence-corrected chi connectivity index (χ1v) is 3.65. The van der Waals surface area contributed by atoms with Gasteiger partial charge in [-0.1, -0.05) is 19.9 Å². The zero-order chi connectivity index (χ0) is 7.94. The maximum absolute atomic E-state index is 9.47. The second kappa shape index (κ2) is 2.09. The van der Waals surface area contributed by atoms with E-state index in [1.54, 1.807) is 0 Å². The molecule has 1 radical (unpaired) electrons. The topological polar surface area (TPSA) is 20.2 Å². The predicted octanol–water partition coefficient (Wildman–Crippen LogP) is 1.78. The van der Waals surface area contributed by atoms with Crippen molar-refractivity contribution in [3.8, 4) is 0 Å². The summed E-state index contributed by atoms with van der Waals surface area (Å²) in [6.45, 7) is 10.1. The van der Waals surface area contributed by atoms with Crippen molar-refractivity contribution in [2.45, 2.75) is 26.9 Å². The van der Waals surface area contributed by atoms with Crippen molar-refractivity contribution in [3.05, 3.63) is 18.6 Å². The monoisotopic (exact) mass is 139 g/mol. The highest BCUT2D eigenvalue weighted by atomic mass is 16.3. The zero-order valence-electron chi connectivity index (χ0n) is 6.89. The number of aliphatic hydroxyl groups is 1. The Hall–Kier alpha value is -0.300. The molecule has 0 spiro atoms. The first-order valence-electron chi connectivity index (χ1n) is 3.65. The molecule has 57 valence electrons. The second-order valence-corrected chi connectivity index (χ2v) is 3.76. The van der Waals surface area contributed by atoms with Crippen molar-refractivity contribution in [1.82, 2.24) is 0 Å². The molecule has 0 aromatic heterocycles. The Morgan fingerprint density at radius 2 is 2.10 bits per heavy atom. The van der Waals surface area contributed by atoms with Gasteiger partial charge in [0.2, 0.25) is 0 Å². The van der Waals surface area contributed by atoms with Crippen LogP contribution in [0.5, 0.6) is 0 Å². The standard InChI is InChI=1S/C9H15O/c1-6-5-9(3,4)7(2)8(6)10/h5,7-8,10H,2H2,1,3-4H3/t7-,8-/m0/s1. The molecule has 0 unspecified atom stereocenters. The highest BCUT2D eigenvalue weighted by molar-refractivity contribution is 5.22. The van der Waals surface area contributed by atoms with Gasteiger partial charge in [0.25, 0.3) is 0 Å². The van der Waals surface area contributed by atoms with Crippen molar-refractivity contribution in [3.63, 3.8) is 0 Å². The Morgan fingerprint density at radius 1 is 1.60 bits per heavy atom. The molecule has 10 heavy (non-hydrogen) atoms. The summed E-state index contributed by atoms with van der Waals surface area (Å²) in [7, 11) is 0. The molecule has 1 nitrogen and oxygen atoms in total. The maximum Gasteiger partial charge on any atom is 0.0783 e. The predicted molar refractivity (Wildman–Crippen MR) is 42.4 cm³/mol. The van der Waals surface area contributed by atoms with Gasteiger partial charge in [0.1, 0.15) is 0 Å². The Kier molecular flexibility index (Phi) is 1.63. The van der Waals surface area contributed by atoms with Crippen LogP contribution in [0.4, 0.5) is 0 Å². The van der Waals surface area contributed by atoms with Crippen molar-refractivity contribution in [2.75, 3.05) is 0 Å². The van der Waals surface area contributed by atoms with Gasteiger partial charge in [0.05, 0.1) is 6.10 Å². The molecule has 0 saturated carbocycles. The van der Waals surface area contributed by atoms with Crippen molar-refractivity contribution >= 4 is 0 Å². The average molecular weight is 139 g/mol. The van der Waals surface area contributed by atoms with Crippen LogP contribution < -0.4 is 0 Å². The summed E-state index contributed by atoms with van der Waals surface area (Å²) >= 11 is 0. The third kappa shape index (κ3) is 0.988. The summed E-state index contributed by atoms with van der Waals surface area (Å²) in [5.41, 5.74) is 1.13. The largest absolute Gasteiger partial charge is 0.388 e. The minimum Gasteiger partial charge on any atom is -0.388 e. The van der Waals surface area contributed by atoms with Gasteiger partial charge >= 0.3 is 0 Å². The third-order valence-electron chi connectivity index (χ3n) is 2.40. The van der Waals surface area contributed by atoms with E-state index >= 15 is 0 Å². The molecule has 0 saturated heterocycles. The van der Waals surface area contributed by atoms with Gasteiger partial charge < -0.3 is 5.11 Å². The smallest absolute Gasteiger partial charge is 0.0783 e. The lowest BCUT2D eigenvalue weighted by molar-refractivity contribution is 0.134. The molecule has 1 N–H and O–H groups in total. The quantitative estimate of drug-likeness (QED) is 0.507. The van der Waals surface area contributed by atoms with Crippen LogP contribution in [0.1, 0.15) is 20.8 Å². The molecular weight excluding hydrogens is 124 g/mol. The van der Waals surface area contributed by atoms with Crippen LogP contribution in [0.3, 0.4) is 0 Å². The van der Waals surface area contributed by atoms with Gasteiger partial charge in [0, 0.05) is 0 Å². The van der Waals surface area contributed by atoms with Crippen LogP contribution in [-0.4, -0.2) is 11.2 Å². The molecule has 0 heterocycles. The molecule has 0 amide bonds. The average Bonchev–Trinajstić information content (AvgIpc) is 1.95. The number of rotatable bonds is 0. The maximum atomic E-state index is 9.47. The van der Waals surface area contributed by atoms with Crippen molar-refractivity contribution < 1.29 is 5.11 Å². The summed E-state index contributed by atoms with van der Waals surface area (Å²) in [5.74, 6) is 0.118. The Morgan fingerprint density at radius 3 is 2.20 bits per heavy atom. The molecule has 0 aliphatic heterocycles. The lowest BCUT2D eigenvalue weighted by Gasteiger charge is -2.24. The van der Waals surface area contributed by atoms with E-state index in [1.807, 2.05) is 6.92 Å². The van der Waals surface area contributed by atoms with Crippen LogP contribution in [0.15, 0.2) is 11.6 Å². The van der Waals surface area contributed by atoms with Crippen LogP contribution >= 0.6 is 0 Å². The molecule has 1 aliphatic carbocycles. The first-order chi connectivity index (χ1) is 4.45. The molecule has 0 aromatic rings. The fraction of sp³-hybridized carbons (Fsp3) is 0.667. The number of aliphatic hydroxyl groups excluding tert-OH is 1. The number of hydrogen-bond acceptors (Lipinski definition) is 1. The van der Waals surface area contributed by atoms with E-state index in [0.29, 0.717) is 0 Å². The van der Waals surface area contributed by atoms with Crippen LogP contribution in [0.25, 0.3) is 0 Å². The summed E-state index contributed by atoms with van der Waals surface area (Å²) in [6.07, 6.45) is 1.78. The van der Waals surface area contributed by atoms with E-state index in [-0.39, 0.29) is 17.4 Å². The fourth-order valence-electron chi connectivity index (χ4n) is 1.50. The summed E-state index contributed by atoms with van der Waals surface area (Å²) < 4.78 is 0. The Bertz CT molecular complexity index is 168. The van der Waals surface area contributed by atoms with E-state index < -0.39 is 0 Å². The SMILES string of the molecule is [CH2][C@H]1[C@@H](O)C(C)=CC1(C)C. The lowest BCUT2D eigenvalue weighted by atomic mass is 9.82. The minimum absolute atomic E-state index is 0.0729. The van der Waals surface area contributed by atoms with Crippen LogP contribution in [0.2, 0.25) is 0 Å². The van der Waals surface area contributed by atoms with E-state index in [4.69, 9.17) is 0 Å². The van der Waals surface area contributed by atoms with Gasteiger partial charge in [-0.3, -0.25) is 0 Å². The van der Waals surface area contributed by atoms with Crippen LogP contribution in [0, 0.1) is 18.3 Å². The molecule has 0 bridgehead atoms. The second-order valence-electron chi connectivity index (χ2n) is 3.76. The minimum atomic E-state index is -0.324. The summed E-state index contributed by atoms with van der Waals surface area (Å²) in [5, 5.41) is 9.47. The van der Waals surface area contributed by atoms with E-state index in [0.717, 1.165) is 5.57 Å².